The number of ether oxygens (including phenoxy) is 1. The molecule has 3 nitrogen and oxygen atoms in total. The molecule has 18 heavy (non-hydrogen) atoms. The maximum atomic E-state index is 11.9. The molecule has 0 heterocycles. The highest BCUT2D eigenvalue weighted by molar-refractivity contribution is 9.10. The Kier molecular flexibility index (Phi) is 3.99. The number of anilines is 1. The van der Waals surface area contributed by atoms with Crippen LogP contribution in [0.5, 0.6) is 0 Å². The molecule has 0 unspecified atom stereocenters. The summed E-state index contributed by atoms with van der Waals surface area (Å²) in [4.78, 5) is 11.9. The number of carbonyl (C=O) groups is 1. The Morgan fingerprint density at radius 3 is 2.56 bits per heavy atom. The zero-order valence-corrected chi connectivity index (χ0v) is 11.2. The zero-order valence-electron chi connectivity index (χ0n) is 9.60. The van der Waals surface area contributed by atoms with Crippen molar-refractivity contribution in [2.45, 2.75) is 6.61 Å². The van der Waals surface area contributed by atoms with Crippen molar-refractivity contribution in [2.24, 2.45) is 0 Å². The van der Waals surface area contributed by atoms with Gasteiger partial charge in [-0.2, -0.15) is 0 Å². The molecular formula is C14H12BrNO2. The number of halogens is 1. The van der Waals surface area contributed by atoms with Gasteiger partial charge in [-0.3, -0.25) is 0 Å². The lowest BCUT2D eigenvalue weighted by molar-refractivity contribution is 0.0474. The Bertz CT molecular complexity index is 555. The predicted octanol–water partition coefficient (Wildman–Crippen LogP) is 3.39. The Morgan fingerprint density at radius 2 is 1.83 bits per heavy atom. The number of hydrogen-bond donors (Lipinski definition) is 1. The predicted molar refractivity (Wildman–Crippen MR) is 74.1 cm³/mol. The van der Waals surface area contributed by atoms with Crippen molar-refractivity contribution >= 4 is 27.6 Å². The molecule has 0 spiro atoms. The number of carbonyl (C=O) groups excluding carboxylic acids is 1. The monoisotopic (exact) mass is 305 g/mol. The molecule has 0 radical (unpaired) electrons. The minimum atomic E-state index is -0.419. The molecule has 0 saturated carbocycles. The summed E-state index contributed by atoms with van der Waals surface area (Å²) in [6, 6.07) is 14.7. The van der Waals surface area contributed by atoms with Crippen molar-refractivity contribution in [3.63, 3.8) is 0 Å². The van der Waals surface area contributed by atoms with E-state index in [-0.39, 0.29) is 6.61 Å². The van der Waals surface area contributed by atoms with E-state index in [1.165, 1.54) is 0 Å². The first kappa shape index (κ1) is 12.6. The quantitative estimate of drug-likeness (QED) is 0.698. The molecule has 0 aromatic heterocycles. The number of hydrogen-bond acceptors (Lipinski definition) is 3. The number of nitrogens with two attached hydrogens (primary N) is 1. The second-order valence-corrected chi connectivity index (χ2v) is 4.62. The molecule has 0 bridgehead atoms. The molecule has 2 aromatic rings. The molecule has 0 aliphatic heterocycles. The lowest BCUT2D eigenvalue weighted by Crippen LogP contribution is -2.08. The van der Waals surface area contributed by atoms with E-state index >= 15 is 0 Å². The highest BCUT2D eigenvalue weighted by Gasteiger charge is 2.12. The summed E-state index contributed by atoms with van der Waals surface area (Å²) in [5.74, 6) is -0.419. The molecule has 0 atom stereocenters. The molecule has 2 aromatic carbocycles. The number of nitrogen functional groups attached to an aromatic ring is 1. The number of benzene rings is 2. The minimum absolute atomic E-state index is 0.242. The van der Waals surface area contributed by atoms with Gasteiger partial charge in [-0.15, -0.1) is 0 Å². The van der Waals surface area contributed by atoms with E-state index in [9.17, 15) is 4.79 Å². The number of para-hydroxylation sites is 1. The van der Waals surface area contributed by atoms with Crippen LogP contribution >= 0.6 is 15.9 Å². The van der Waals surface area contributed by atoms with Crippen molar-refractivity contribution < 1.29 is 9.53 Å². The molecule has 0 fully saturated rings. The summed E-state index contributed by atoms with van der Waals surface area (Å²) in [6.07, 6.45) is 0. The highest BCUT2D eigenvalue weighted by atomic mass is 79.9. The summed E-state index contributed by atoms with van der Waals surface area (Å²) >= 11 is 3.28. The Hall–Kier alpha value is -1.81. The van der Waals surface area contributed by atoms with Gasteiger partial charge in [-0.05, 0) is 33.6 Å². The fourth-order valence-corrected chi connectivity index (χ4v) is 1.88. The molecule has 4 heteroatoms. The average Bonchev–Trinajstić information content (AvgIpc) is 2.40. The first-order chi connectivity index (χ1) is 8.68. The first-order valence-electron chi connectivity index (χ1n) is 5.43. The van der Waals surface area contributed by atoms with Crippen LogP contribution in [-0.2, 0) is 11.3 Å². The van der Waals surface area contributed by atoms with Gasteiger partial charge in [0.15, 0.2) is 0 Å². The third-order valence-electron chi connectivity index (χ3n) is 2.49. The zero-order chi connectivity index (χ0) is 13.0. The van der Waals surface area contributed by atoms with E-state index < -0.39 is 5.97 Å². The van der Waals surface area contributed by atoms with Crippen LogP contribution in [0.3, 0.4) is 0 Å². The van der Waals surface area contributed by atoms with Crippen molar-refractivity contribution in [1.82, 2.24) is 0 Å². The van der Waals surface area contributed by atoms with Crippen molar-refractivity contribution in [3.8, 4) is 0 Å². The number of esters is 1. The van der Waals surface area contributed by atoms with Gasteiger partial charge in [-0.25, -0.2) is 4.79 Å². The van der Waals surface area contributed by atoms with Crippen LogP contribution in [0, 0.1) is 0 Å². The molecule has 0 saturated heterocycles. The van der Waals surface area contributed by atoms with Crippen LogP contribution in [0.1, 0.15) is 15.9 Å². The van der Waals surface area contributed by atoms with Gasteiger partial charge < -0.3 is 10.5 Å². The SMILES string of the molecule is Nc1c(Br)cccc1C(=O)OCc1ccccc1. The van der Waals surface area contributed by atoms with Crippen molar-refractivity contribution in [3.05, 3.63) is 64.1 Å². The second-order valence-electron chi connectivity index (χ2n) is 3.76. The lowest BCUT2D eigenvalue weighted by Gasteiger charge is -2.08. The number of rotatable bonds is 3. The normalized spacial score (nSPS) is 10.1. The fourth-order valence-electron chi connectivity index (χ4n) is 1.52. The Morgan fingerprint density at radius 1 is 1.11 bits per heavy atom. The lowest BCUT2D eigenvalue weighted by atomic mass is 10.2. The molecule has 2 rings (SSSR count). The summed E-state index contributed by atoms with van der Waals surface area (Å²) < 4.78 is 5.90. The van der Waals surface area contributed by atoms with Crippen LogP contribution in [0.25, 0.3) is 0 Å². The van der Waals surface area contributed by atoms with Gasteiger partial charge in [0.2, 0.25) is 0 Å². The molecular weight excluding hydrogens is 294 g/mol. The van der Waals surface area contributed by atoms with Gasteiger partial charge in [0.05, 0.1) is 11.3 Å². The standard InChI is InChI=1S/C14H12BrNO2/c15-12-8-4-7-11(13(12)16)14(17)18-9-10-5-2-1-3-6-10/h1-8H,9,16H2. The van der Waals surface area contributed by atoms with E-state index in [2.05, 4.69) is 15.9 Å². The van der Waals surface area contributed by atoms with Crippen molar-refractivity contribution in [1.29, 1.82) is 0 Å². The Labute approximate surface area is 114 Å². The maximum absolute atomic E-state index is 11.9. The molecule has 92 valence electrons. The van der Waals surface area contributed by atoms with Gasteiger partial charge in [-0.1, -0.05) is 36.4 Å². The van der Waals surface area contributed by atoms with Crippen LogP contribution in [0.2, 0.25) is 0 Å². The van der Waals surface area contributed by atoms with Crippen LogP contribution in [0.4, 0.5) is 5.69 Å². The maximum Gasteiger partial charge on any atom is 0.340 e. The molecule has 2 N–H and O–H groups in total. The smallest absolute Gasteiger partial charge is 0.340 e. The largest absolute Gasteiger partial charge is 0.457 e. The minimum Gasteiger partial charge on any atom is -0.457 e. The fraction of sp³-hybridized carbons (Fsp3) is 0.0714. The van der Waals surface area contributed by atoms with Gasteiger partial charge in [0, 0.05) is 4.47 Å². The van der Waals surface area contributed by atoms with Crippen molar-refractivity contribution in [2.75, 3.05) is 5.73 Å². The summed E-state index contributed by atoms with van der Waals surface area (Å²) in [5.41, 5.74) is 7.52. The van der Waals surface area contributed by atoms with Crippen LogP contribution < -0.4 is 5.73 Å². The van der Waals surface area contributed by atoms with Gasteiger partial charge >= 0.3 is 5.97 Å². The second kappa shape index (κ2) is 5.69. The topological polar surface area (TPSA) is 52.3 Å². The summed E-state index contributed by atoms with van der Waals surface area (Å²) in [6.45, 7) is 0.242. The van der Waals surface area contributed by atoms with Crippen LogP contribution in [0.15, 0.2) is 53.0 Å². The third-order valence-corrected chi connectivity index (χ3v) is 3.18. The van der Waals surface area contributed by atoms with E-state index in [1.807, 2.05) is 30.3 Å². The van der Waals surface area contributed by atoms with Gasteiger partial charge in [0.1, 0.15) is 6.61 Å². The van der Waals surface area contributed by atoms with Crippen LogP contribution in [-0.4, -0.2) is 5.97 Å². The van der Waals surface area contributed by atoms with Gasteiger partial charge in [0.25, 0.3) is 0 Å². The third kappa shape index (κ3) is 2.90. The Balaban J connectivity index is 2.07. The molecule has 0 aliphatic rings. The van der Waals surface area contributed by atoms with E-state index in [1.54, 1.807) is 18.2 Å². The van der Waals surface area contributed by atoms with E-state index in [0.29, 0.717) is 15.7 Å². The van der Waals surface area contributed by atoms with E-state index in [0.717, 1.165) is 5.56 Å². The molecule has 0 amide bonds. The van der Waals surface area contributed by atoms with E-state index in [4.69, 9.17) is 10.5 Å². The summed E-state index contributed by atoms with van der Waals surface area (Å²) in [5, 5.41) is 0. The highest BCUT2D eigenvalue weighted by Crippen LogP contribution is 2.23. The molecule has 0 aliphatic carbocycles. The summed E-state index contributed by atoms with van der Waals surface area (Å²) in [7, 11) is 0. The first-order valence-corrected chi connectivity index (χ1v) is 6.23. The average molecular weight is 306 g/mol.